The molecule has 1 N–H and O–H groups in total. The lowest BCUT2D eigenvalue weighted by molar-refractivity contribution is -0.125. The molecule has 6 heteroatoms. The lowest BCUT2D eigenvalue weighted by atomic mass is 9.97. The zero-order valence-corrected chi connectivity index (χ0v) is 15.5. The van der Waals surface area contributed by atoms with Crippen LogP contribution in [-0.2, 0) is 11.3 Å². The fraction of sp³-hybridized carbons (Fsp3) is 0.550. The fourth-order valence-corrected chi connectivity index (χ4v) is 3.03. The van der Waals surface area contributed by atoms with Gasteiger partial charge in [-0.2, -0.15) is 8.78 Å². The molecule has 0 saturated carbocycles. The van der Waals surface area contributed by atoms with Gasteiger partial charge >= 0.3 is 6.61 Å². The van der Waals surface area contributed by atoms with Crippen molar-refractivity contribution in [2.75, 3.05) is 13.6 Å². The molecule has 2 rings (SSSR count). The van der Waals surface area contributed by atoms with Crippen molar-refractivity contribution in [3.8, 4) is 5.75 Å². The van der Waals surface area contributed by atoms with Crippen LogP contribution in [0.5, 0.6) is 5.75 Å². The number of rotatable bonds is 9. The Balaban J connectivity index is 1.75. The van der Waals surface area contributed by atoms with E-state index in [1.807, 2.05) is 18.9 Å². The van der Waals surface area contributed by atoms with Crippen LogP contribution in [0.2, 0.25) is 0 Å². The highest BCUT2D eigenvalue weighted by molar-refractivity contribution is 5.81. The maximum atomic E-state index is 12.3. The largest absolute Gasteiger partial charge is 0.435 e. The molecule has 1 aliphatic carbocycles. The minimum Gasteiger partial charge on any atom is -0.435 e. The molecule has 0 bridgehead atoms. The van der Waals surface area contributed by atoms with Gasteiger partial charge in [0.05, 0.1) is 6.04 Å². The number of carbonyl (C=O) groups is 1. The Kier molecular flexibility index (Phi) is 8.04. The molecule has 144 valence electrons. The third-order valence-electron chi connectivity index (χ3n) is 4.75. The minimum atomic E-state index is -2.82. The van der Waals surface area contributed by atoms with Crippen molar-refractivity contribution in [1.29, 1.82) is 0 Å². The van der Waals surface area contributed by atoms with Crippen LogP contribution in [0, 0.1) is 0 Å². The number of nitrogens with one attached hydrogen (secondary N) is 1. The summed E-state index contributed by atoms with van der Waals surface area (Å²) in [6, 6.07) is 6.21. The van der Waals surface area contributed by atoms with Crippen molar-refractivity contribution < 1.29 is 18.3 Å². The van der Waals surface area contributed by atoms with E-state index < -0.39 is 6.61 Å². The van der Waals surface area contributed by atoms with Gasteiger partial charge in [0.1, 0.15) is 5.75 Å². The van der Waals surface area contributed by atoms with Crippen LogP contribution in [0.15, 0.2) is 35.9 Å². The second-order valence-corrected chi connectivity index (χ2v) is 6.76. The molecule has 4 nitrogen and oxygen atoms in total. The first-order chi connectivity index (χ1) is 12.5. The summed E-state index contributed by atoms with van der Waals surface area (Å²) in [6.07, 6.45) is 8.05. The van der Waals surface area contributed by atoms with E-state index >= 15 is 0 Å². The summed E-state index contributed by atoms with van der Waals surface area (Å²) >= 11 is 0. The van der Waals surface area contributed by atoms with E-state index in [1.54, 1.807) is 12.1 Å². The predicted octanol–water partition coefficient (Wildman–Crippen LogP) is 4.12. The van der Waals surface area contributed by atoms with Gasteiger partial charge in [-0.1, -0.05) is 23.8 Å². The number of carbonyl (C=O) groups excluding carboxylic acids is 1. The average Bonchev–Trinajstić information content (AvgIpc) is 2.63. The second-order valence-electron chi connectivity index (χ2n) is 6.76. The smallest absolute Gasteiger partial charge is 0.387 e. The molecule has 26 heavy (non-hydrogen) atoms. The van der Waals surface area contributed by atoms with Crippen LogP contribution in [0.4, 0.5) is 8.78 Å². The van der Waals surface area contributed by atoms with Gasteiger partial charge in [0, 0.05) is 13.1 Å². The number of ether oxygens (including phenoxy) is 1. The van der Waals surface area contributed by atoms with E-state index in [9.17, 15) is 13.6 Å². The third kappa shape index (κ3) is 6.75. The van der Waals surface area contributed by atoms with E-state index in [0.29, 0.717) is 13.1 Å². The highest BCUT2D eigenvalue weighted by Gasteiger charge is 2.18. The van der Waals surface area contributed by atoms with Gasteiger partial charge in [0.15, 0.2) is 0 Å². The van der Waals surface area contributed by atoms with Crippen molar-refractivity contribution in [2.45, 2.75) is 58.2 Å². The monoisotopic (exact) mass is 366 g/mol. The number of nitrogens with zero attached hydrogens (tertiary/aromatic N) is 1. The van der Waals surface area contributed by atoms with Crippen LogP contribution in [0.3, 0.4) is 0 Å². The molecule has 1 atom stereocenters. The highest BCUT2D eigenvalue weighted by Crippen LogP contribution is 2.19. The first-order valence-electron chi connectivity index (χ1n) is 9.15. The fourth-order valence-electron chi connectivity index (χ4n) is 3.03. The molecule has 0 spiro atoms. The number of benzene rings is 1. The average molecular weight is 366 g/mol. The molecule has 1 unspecified atom stereocenters. The summed E-state index contributed by atoms with van der Waals surface area (Å²) in [5, 5.41) is 3.00. The molecule has 1 aromatic rings. The molecule has 0 aromatic heterocycles. The number of likely N-dealkylation sites (N-methyl/N-ethyl adjacent to an activating group) is 1. The van der Waals surface area contributed by atoms with E-state index in [-0.39, 0.29) is 17.7 Å². The van der Waals surface area contributed by atoms with E-state index in [0.717, 1.165) is 24.8 Å². The Morgan fingerprint density at radius 1 is 1.27 bits per heavy atom. The van der Waals surface area contributed by atoms with Gasteiger partial charge in [-0.05, 0) is 63.8 Å². The van der Waals surface area contributed by atoms with Gasteiger partial charge in [0.25, 0.3) is 0 Å². The number of allylic oxidation sites excluding steroid dienone is 1. The van der Waals surface area contributed by atoms with Crippen molar-refractivity contribution in [3.05, 3.63) is 41.5 Å². The summed E-state index contributed by atoms with van der Waals surface area (Å²) < 4.78 is 28.7. The van der Waals surface area contributed by atoms with Gasteiger partial charge in [-0.3, -0.25) is 9.69 Å². The molecule has 0 fully saturated rings. The lowest BCUT2D eigenvalue weighted by Gasteiger charge is -2.24. The summed E-state index contributed by atoms with van der Waals surface area (Å²) in [4.78, 5) is 14.2. The second kappa shape index (κ2) is 10.3. The molecular formula is C20H28F2N2O2. The summed E-state index contributed by atoms with van der Waals surface area (Å²) in [5.41, 5.74) is 2.38. The van der Waals surface area contributed by atoms with Gasteiger partial charge in [0.2, 0.25) is 5.91 Å². The summed E-state index contributed by atoms with van der Waals surface area (Å²) in [7, 11) is 1.87. The van der Waals surface area contributed by atoms with Crippen molar-refractivity contribution in [3.63, 3.8) is 0 Å². The maximum absolute atomic E-state index is 12.3. The Morgan fingerprint density at radius 3 is 2.62 bits per heavy atom. The van der Waals surface area contributed by atoms with Crippen LogP contribution in [-0.4, -0.2) is 37.1 Å². The first kappa shape index (κ1) is 20.4. The zero-order valence-electron chi connectivity index (χ0n) is 15.5. The molecule has 1 amide bonds. The van der Waals surface area contributed by atoms with Crippen LogP contribution in [0.25, 0.3) is 0 Å². The van der Waals surface area contributed by atoms with Crippen LogP contribution < -0.4 is 10.1 Å². The number of alkyl halides is 2. The van der Waals surface area contributed by atoms with E-state index in [4.69, 9.17) is 0 Å². The minimum absolute atomic E-state index is 0.00145. The molecular weight excluding hydrogens is 338 g/mol. The van der Waals surface area contributed by atoms with Crippen LogP contribution in [0.1, 0.15) is 44.6 Å². The van der Waals surface area contributed by atoms with Crippen molar-refractivity contribution in [2.24, 2.45) is 0 Å². The number of halogens is 2. The van der Waals surface area contributed by atoms with Crippen molar-refractivity contribution >= 4 is 5.91 Å². The highest BCUT2D eigenvalue weighted by atomic mass is 19.3. The van der Waals surface area contributed by atoms with Crippen LogP contribution >= 0.6 is 0 Å². The van der Waals surface area contributed by atoms with E-state index in [2.05, 4.69) is 16.1 Å². The Labute approximate surface area is 154 Å². The van der Waals surface area contributed by atoms with E-state index in [1.165, 1.54) is 30.5 Å². The molecule has 1 aliphatic rings. The lowest BCUT2D eigenvalue weighted by Crippen LogP contribution is -2.43. The maximum Gasteiger partial charge on any atom is 0.387 e. The molecule has 0 radical (unpaired) electrons. The summed E-state index contributed by atoms with van der Waals surface area (Å²) in [5.74, 6) is 0.135. The normalized spacial score (nSPS) is 15.7. The quantitative estimate of drug-likeness (QED) is 0.669. The zero-order chi connectivity index (χ0) is 18.9. The summed E-state index contributed by atoms with van der Waals surface area (Å²) in [6.45, 7) is 0.261. The molecule has 0 saturated heterocycles. The topological polar surface area (TPSA) is 41.6 Å². The Morgan fingerprint density at radius 2 is 2.00 bits per heavy atom. The number of amides is 1. The van der Waals surface area contributed by atoms with Gasteiger partial charge in [-0.25, -0.2) is 0 Å². The predicted molar refractivity (Wildman–Crippen MR) is 98.2 cm³/mol. The van der Waals surface area contributed by atoms with Gasteiger partial charge in [-0.15, -0.1) is 0 Å². The molecule has 1 aromatic carbocycles. The molecule has 0 heterocycles. The number of hydrogen-bond donors (Lipinski definition) is 1. The number of hydrogen-bond acceptors (Lipinski definition) is 3. The Bertz CT molecular complexity index is 602. The molecule has 0 aliphatic heterocycles. The SMILES string of the molecule is CC(C(=O)NCCC1=CCCCC1)N(C)Cc1ccc(OC(F)F)cc1. The first-order valence-corrected chi connectivity index (χ1v) is 9.15. The standard InChI is InChI=1S/C20H28F2N2O2/c1-15(19(25)23-13-12-16-6-4-3-5-7-16)24(2)14-17-8-10-18(11-9-17)26-20(21)22/h6,8-11,15,20H,3-5,7,12-14H2,1-2H3,(H,23,25). The third-order valence-corrected chi connectivity index (χ3v) is 4.75. The van der Waals surface area contributed by atoms with Crippen molar-refractivity contribution in [1.82, 2.24) is 10.2 Å². The van der Waals surface area contributed by atoms with Gasteiger partial charge < -0.3 is 10.1 Å². The Hall–Kier alpha value is -1.95.